The average molecular weight is 324 g/mol. The molecule has 14 heavy (non-hydrogen) atoms. The lowest BCUT2D eigenvalue weighted by molar-refractivity contribution is 0.0599. The van der Waals surface area contributed by atoms with E-state index in [2.05, 4.69) is 36.6 Å². The Morgan fingerprint density at radius 2 is 2.07 bits per heavy atom. The first-order chi connectivity index (χ1) is 6.60. The van der Waals surface area contributed by atoms with Crippen molar-refractivity contribution in [1.82, 2.24) is 0 Å². The highest BCUT2D eigenvalue weighted by atomic mass is 79.9. The molecule has 0 spiro atoms. The van der Waals surface area contributed by atoms with E-state index in [-0.39, 0.29) is 6.61 Å². The van der Waals surface area contributed by atoms with Gasteiger partial charge in [0, 0.05) is 8.95 Å². The van der Waals surface area contributed by atoms with Gasteiger partial charge in [0.2, 0.25) is 0 Å². The minimum Gasteiger partial charge on any atom is -0.465 e. The summed E-state index contributed by atoms with van der Waals surface area (Å²) < 4.78 is 5.89. The maximum atomic E-state index is 11.3. The molecule has 76 valence electrons. The van der Waals surface area contributed by atoms with Crippen molar-refractivity contribution in [3.05, 3.63) is 32.2 Å². The second-order valence-electron chi connectivity index (χ2n) is 2.57. The van der Waals surface area contributed by atoms with Crippen LogP contribution in [0.15, 0.2) is 21.1 Å². The average Bonchev–Trinajstić information content (AvgIpc) is 2.19. The SMILES string of the molecule is COC(=O)c1cc(Br)c(CO)cc1Br. The highest BCUT2D eigenvalue weighted by Gasteiger charge is 2.12. The highest BCUT2D eigenvalue weighted by molar-refractivity contribution is 9.11. The number of aliphatic hydroxyl groups excluding tert-OH is 1. The summed E-state index contributed by atoms with van der Waals surface area (Å²) in [4.78, 5) is 11.3. The Bertz CT molecular complexity index is 363. The van der Waals surface area contributed by atoms with Gasteiger partial charge in [-0.1, -0.05) is 15.9 Å². The Labute approximate surface area is 98.3 Å². The Kier molecular flexibility index (Phi) is 4.10. The molecule has 1 rings (SSSR count). The number of halogens is 2. The van der Waals surface area contributed by atoms with Crippen molar-refractivity contribution in [2.45, 2.75) is 6.61 Å². The second kappa shape index (κ2) is 4.91. The molecular formula is C9H8Br2O3. The number of benzene rings is 1. The number of carbonyl (C=O) groups is 1. The normalized spacial score (nSPS) is 10.0. The molecule has 0 aliphatic rings. The number of carbonyl (C=O) groups excluding carboxylic acids is 1. The smallest absolute Gasteiger partial charge is 0.339 e. The molecule has 0 amide bonds. The number of hydrogen-bond donors (Lipinski definition) is 1. The van der Waals surface area contributed by atoms with Crippen molar-refractivity contribution in [3.8, 4) is 0 Å². The zero-order valence-electron chi connectivity index (χ0n) is 7.38. The van der Waals surface area contributed by atoms with Gasteiger partial charge in [0.15, 0.2) is 0 Å². The Hall–Kier alpha value is -0.390. The zero-order valence-corrected chi connectivity index (χ0v) is 10.6. The van der Waals surface area contributed by atoms with Crippen molar-refractivity contribution >= 4 is 37.8 Å². The van der Waals surface area contributed by atoms with Gasteiger partial charge in [-0.3, -0.25) is 0 Å². The molecule has 0 aromatic heterocycles. The largest absolute Gasteiger partial charge is 0.465 e. The Morgan fingerprint density at radius 1 is 1.43 bits per heavy atom. The fourth-order valence-electron chi connectivity index (χ4n) is 0.976. The first kappa shape index (κ1) is 11.7. The first-order valence-electron chi connectivity index (χ1n) is 3.77. The van der Waals surface area contributed by atoms with E-state index in [0.29, 0.717) is 20.1 Å². The molecule has 5 heteroatoms. The number of esters is 1. The number of ether oxygens (including phenoxy) is 1. The highest BCUT2D eigenvalue weighted by Crippen LogP contribution is 2.26. The van der Waals surface area contributed by atoms with Crippen LogP contribution in [0.4, 0.5) is 0 Å². The molecule has 0 aliphatic heterocycles. The molecule has 0 aliphatic carbocycles. The first-order valence-corrected chi connectivity index (χ1v) is 5.35. The maximum absolute atomic E-state index is 11.3. The second-order valence-corrected chi connectivity index (χ2v) is 4.28. The van der Waals surface area contributed by atoms with E-state index >= 15 is 0 Å². The molecule has 0 saturated heterocycles. The molecule has 0 heterocycles. The molecule has 0 unspecified atom stereocenters. The third-order valence-electron chi connectivity index (χ3n) is 1.71. The van der Waals surface area contributed by atoms with E-state index in [9.17, 15) is 4.79 Å². The van der Waals surface area contributed by atoms with E-state index in [1.807, 2.05) is 0 Å². The van der Waals surface area contributed by atoms with E-state index < -0.39 is 5.97 Å². The zero-order chi connectivity index (χ0) is 10.7. The summed E-state index contributed by atoms with van der Waals surface area (Å²) in [5, 5.41) is 8.96. The van der Waals surface area contributed by atoms with E-state index in [1.54, 1.807) is 12.1 Å². The Balaban J connectivity index is 3.21. The molecular weight excluding hydrogens is 316 g/mol. The molecule has 0 radical (unpaired) electrons. The molecule has 0 atom stereocenters. The molecule has 1 aromatic rings. The monoisotopic (exact) mass is 322 g/mol. The van der Waals surface area contributed by atoms with Crippen LogP contribution in [0, 0.1) is 0 Å². The van der Waals surface area contributed by atoms with Crippen LogP contribution in [0.5, 0.6) is 0 Å². The van der Waals surface area contributed by atoms with Crippen molar-refractivity contribution in [3.63, 3.8) is 0 Å². The summed E-state index contributed by atoms with van der Waals surface area (Å²) in [6.45, 7) is -0.0827. The summed E-state index contributed by atoms with van der Waals surface area (Å²) in [5.41, 5.74) is 1.14. The topological polar surface area (TPSA) is 46.5 Å². The van der Waals surface area contributed by atoms with Crippen LogP contribution >= 0.6 is 31.9 Å². The van der Waals surface area contributed by atoms with Crippen molar-refractivity contribution in [2.75, 3.05) is 7.11 Å². The van der Waals surface area contributed by atoms with E-state index in [4.69, 9.17) is 5.11 Å². The van der Waals surface area contributed by atoms with Crippen LogP contribution in [0.1, 0.15) is 15.9 Å². The summed E-state index contributed by atoms with van der Waals surface area (Å²) in [7, 11) is 1.32. The number of aliphatic hydroxyl groups is 1. The minimum atomic E-state index is -0.415. The van der Waals surface area contributed by atoms with Crippen LogP contribution in [-0.4, -0.2) is 18.2 Å². The lowest BCUT2D eigenvalue weighted by Crippen LogP contribution is -2.03. The van der Waals surface area contributed by atoms with Gasteiger partial charge in [-0.2, -0.15) is 0 Å². The van der Waals surface area contributed by atoms with Gasteiger partial charge < -0.3 is 9.84 Å². The van der Waals surface area contributed by atoms with Crippen LogP contribution in [0.2, 0.25) is 0 Å². The standard InChI is InChI=1S/C9H8Br2O3/c1-14-9(13)6-3-7(10)5(4-12)2-8(6)11/h2-3,12H,4H2,1H3. The lowest BCUT2D eigenvalue weighted by atomic mass is 10.1. The van der Waals surface area contributed by atoms with Gasteiger partial charge in [0.05, 0.1) is 19.3 Å². The van der Waals surface area contributed by atoms with E-state index in [1.165, 1.54) is 7.11 Å². The van der Waals surface area contributed by atoms with Gasteiger partial charge >= 0.3 is 5.97 Å². The summed E-state index contributed by atoms with van der Waals surface area (Å²) >= 11 is 6.48. The third kappa shape index (κ3) is 2.34. The minimum absolute atomic E-state index is 0.0827. The third-order valence-corrected chi connectivity index (χ3v) is 3.11. The molecule has 0 bridgehead atoms. The summed E-state index contributed by atoms with van der Waals surface area (Å²) in [6, 6.07) is 3.29. The van der Waals surface area contributed by atoms with Crippen LogP contribution in [0.3, 0.4) is 0 Å². The Morgan fingerprint density at radius 3 is 2.57 bits per heavy atom. The van der Waals surface area contributed by atoms with Gasteiger partial charge in [0.25, 0.3) is 0 Å². The fraction of sp³-hybridized carbons (Fsp3) is 0.222. The molecule has 0 saturated carbocycles. The molecule has 3 nitrogen and oxygen atoms in total. The van der Waals surface area contributed by atoms with Gasteiger partial charge in [0.1, 0.15) is 0 Å². The van der Waals surface area contributed by atoms with Crippen LogP contribution in [-0.2, 0) is 11.3 Å². The van der Waals surface area contributed by atoms with Gasteiger partial charge in [-0.15, -0.1) is 0 Å². The number of hydrogen-bond acceptors (Lipinski definition) is 3. The molecule has 1 N–H and O–H groups in total. The fourth-order valence-corrected chi connectivity index (χ4v) is 2.00. The lowest BCUT2D eigenvalue weighted by Gasteiger charge is -2.06. The van der Waals surface area contributed by atoms with Crippen molar-refractivity contribution in [1.29, 1.82) is 0 Å². The number of rotatable bonds is 2. The maximum Gasteiger partial charge on any atom is 0.339 e. The van der Waals surface area contributed by atoms with Crippen molar-refractivity contribution in [2.24, 2.45) is 0 Å². The van der Waals surface area contributed by atoms with Gasteiger partial charge in [-0.25, -0.2) is 4.79 Å². The predicted octanol–water partition coefficient (Wildman–Crippen LogP) is 2.49. The van der Waals surface area contributed by atoms with E-state index in [0.717, 1.165) is 0 Å². The van der Waals surface area contributed by atoms with Crippen LogP contribution in [0.25, 0.3) is 0 Å². The number of methoxy groups -OCH3 is 1. The summed E-state index contributed by atoms with van der Waals surface area (Å²) in [6.07, 6.45) is 0. The predicted molar refractivity (Wildman–Crippen MR) is 59.1 cm³/mol. The molecule has 0 fully saturated rings. The van der Waals surface area contributed by atoms with Gasteiger partial charge in [-0.05, 0) is 33.6 Å². The van der Waals surface area contributed by atoms with Crippen molar-refractivity contribution < 1.29 is 14.6 Å². The quantitative estimate of drug-likeness (QED) is 0.851. The summed E-state index contributed by atoms with van der Waals surface area (Å²) in [5.74, 6) is -0.415. The molecule has 1 aromatic carbocycles. The van der Waals surface area contributed by atoms with Crippen LogP contribution < -0.4 is 0 Å².